The van der Waals surface area contributed by atoms with E-state index in [1.165, 1.54) is 19.2 Å². The molecule has 2 bridgehead atoms. The van der Waals surface area contributed by atoms with Crippen LogP contribution in [0.4, 0.5) is 8.78 Å². The van der Waals surface area contributed by atoms with Crippen LogP contribution in [0.2, 0.25) is 0 Å². The summed E-state index contributed by atoms with van der Waals surface area (Å²) in [4.78, 5) is 0. The van der Waals surface area contributed by atoms with Gasteiger partial charge in [0.1, 0.15) is 5.75 Å². The van der Waals surface area contributed by atoms with E-state index in [2.05, 4.69) is 0 Å². The SMILES string of the molecule is COc1ccc(C(F)(F)C23CC(C2)C3)cc1. The molecule has 3 aliphatic carbocycles. The van der Waals surface area contributed by atoms with Crippen LogP contribution >= 0.6 is 0 Å². The zero-order valence-corrected chi connectivity index (χ0v) is 9.17. The average Bonchev–Trinajstić information content (AvgIpc) is 2.12. The Balaban J connectivity index is 1.89. The highest BCUT2D eigenvalue weighted by atomic mass is 19.3. The zero-order valence-electron chi connectivity index (χ0n) is 9.17. The van der Waals surface area contributed by atoms with Crippen LogP contribution in [-0.2, 0) is 5.92 Å². The van der Waals surface area contributed by atoms with E-state index in [1.807, 2.05) is 0 Å². The molecule has 1 aromatic carbocycles. The lowest BCUT2D eigenvalue weighted by Crippen LogP contribution is -2.60. The summed E-state index contributed by atoms with van der Waals surface area (Å²) < 4.78 is 33.4. The molecule has 3 aliphatic rings. The summed E-state index contributed by atoms with van der Waals surface area (Å²) in [7, 11) is 1.54. The molecule has 0 radical (unpaired) electrons. The normalized spacial score (nSPS) is 31.6. The van der Waals surface area contributed by atoms with E-state index in [4.69, 9.17) is 4.74 Å². The second-order valence-corrected chi connectivity index (χ2v) is 5.06. The minimum atomic E-state index is -2.67. The van der Waals surface area contributed by atoms with E-state index < -0.39 is 11.3 Å². The van der Waals surface area contributed by atoms with Crippen molar-refractivity contribution in [3.63, 3.8) is 0 Å². The molecule has 3 heteroatoms. The van der Waals surface area contributed by atoms with Gasteiger partial charge in [0.05, 0.1) is 7.11 Å². The first kappa shape index (κ1) is 10.1. The molecule has 0 amide bonds. The van der Waals surface area contributed by atoms with Crippen LogP contribution in [0.25, 0.3) is 0 Å². The third-order valence-electron chi connectivity index (χ3n) is 4.16. The smallest absolute Gasteiger partial charge is 0.278 e. The number of hydrogen-bond donors (Lipinski definition) is 0. The molecule has 86 valence electrons. The quantitative estimate of drug-likeness (QED) is 0.762. The van der Waals surface area contributed by atoms with Gasteiger partial charge in [-0.1, -0.05) is 0 Å². The molecular formula is C13H14F2O. The number of alkyl halides is 2. The Labute approximate surface area is 93.4 Å². The minimum Gasteiger partial charge on any atom is -0.497 e. The summed E-state index contributed by atoms with van der Waals surface area (Å²) in [5, 5.41) is 0. The van der Waals surface area contributed by atoms with Crippen molar-refractivity contribution in [1.82, 2.24) is 0 Å². The molecule has 1 nitrogen and oxygen atoms in total. The maximum atomic E-state index is 14.2. The van der Waals surface area contributed by atoms with Gasteiger partial charge in [-0.05, 0) is 49.4 Å². The van der Waals surface area contributed by atoms with E-state index in [1.54, 1.807) is 12.1 Å². The molecule has 0 aromatic heterocycles. The minimum absolute atomic E-state index is 0.131. The number of hydrogen-bond acceptors (Lipinski definition) is 1. The first-order valence-corrected chi connectivity index (χ1v) is 5.60. The molecule has 4 rings (SSSR count). The van der Waals surface area contributed by atoms with Crippen molar-refractivity contribution in [3.05, 3.63) is 29.8 Å². The van der Waals surface area contributed by atoms with E-state index in [-0.39, 0.29) is 5.56 Å². The predicted octanol–water partition coefficient (Wildman–Crippen LogP) is 3.59. The summed E-state index contributed by atoms with van der Waals surface area (Å²) in [6.07, 6.45) is 2.10. The number of methoxy groups -OCH3 is 1. The Morgan fingerprint density at radius 2 is 1.75 bits per heavy atom. The van der Waals surface area contributed by atoms with Crippen molar-refractivity contribution in [2.75, 3.05) is 7.11 Å². The lowest BCUT2D eigenvalue weighted by Gasteiger charge is -2.64. The van der Waals surface area contributed by atoms with Gasteiger partial charge in [-0.3, -0.25) is 0 Å². The Hall–Kier alpha value is -1.12. The first-order valence-electron chi connectivity index (χ1n) is 5.60. The van der Waals surface area contributed by atoms with Crippen LogP contribution in [-0.4, -0.2) is 7.11 Å². The van der Waals surface area contributed by atoms with Gasteiger partial charge >= 0.3 is 0 Å². The Morgan fingerprint density at radius 1 is 1.19 bits per heavy atom. The van der Waals surface area contributed by atoms with Crippen molar-refractivity contribution in [2.24, 2.45) is 11.3 Å². The molecule has 0 aliphatic heterocycles. The van der Waals surface area contributed by atoms with E-state index in [0.717, 1.165) is 0 Å². The highest BCUT2D eigenvalue weighted by Crippen LogP contribution is 2.73. The number of ether oxygens (including phenoxy) is 1. The fraction of sp³-hybridized carbons (Fsp3) is 0.538. The molecule has 0 saturated heterocycles. The summed E-state index contributed by atoms with van der Waals surface area (Å²) in [6, 6.07) is 6.18. The maximum Gasteiger partial charge on any atom is 0.278 e. The molecule has 16 heavy (non-hydrogen) atoms. The van der Waals surface area contributed by atoms with Crippen LogP contribution in [0.5, 0.6) is 5.75 Å². The summed E-state index contributed by atoms with van der Waals surface area (Å²) in [6.45, 7) is 0. The van der Waals surface area contributed by atoms with E-state index in [0.29, 0.717) is 30.9 Å². The second kappa shape index (κ2) is 2.96. The monoisotopic (exact) mass is 224 g/mol. The Morgan fingerprint density at radius 3 is 2.12 bits per heavy atom. The van der Waals surface area contributed by atoms with Gasteiger partial charge in [0.2, 0.25) is 0 Å². The van der Waals surface area contributed by atoms with Crippen molar-refractivity contribution in [2.45, 2.75) is 25.2 Å². The molecule has 0 atom stereocenters. The molecule has 0 N–H and O–H groups in total. The van der Waals surface area contributed by atoms with Crippen molar-refractivity contribution in [1.29, 1.82) is 0 Å². The fourth-order valence-electron chi connectivity index (χ4n) is 2.97. The lowest BCUT2D eigenvalue weighted by atomic mass is 9.41. The van der Waals surface area contributed by atoms with Crippen LogP contribution in [0.1, 0.15) is 24.8 Å². The fourth-order valence-corrected chi connectivity index (χ4v) is 2.97. The van der Waals surface area contributed by atoms with Gasteiger partial charge in [0.15, 0.2) is 0 Å². The van der Waals surface area contributed by atoms with Gasteiger partial charge < -0.3 is 4.74 Å². The van der Waals surface area contributed by atoms with Gasteiger partial charge in [-0.25, -0.2) is 8.78 Å². The molecule has 3 fully saturated rings. The maximum absolute atomic E-state index is 14.2. The van der Waals surface area contributed by atoms with E-state index in [9.17, 15) is 8.78 Å². The number of benzene rings is 1. The van der Waals surface area contributed by atoms with Crippen LogP contribution in [0.15, 0.2) is 24.3 Å². The highest BCUT2D eigenvalue weighted by molar-refractivity contribution is 5.33. The van der Waals surface area contributed by atoms with Crippen LogP contribution in [0, 0.1) is 11.3 Å². The zero-order chi connectivity index (χ0) is 11.4. The first-order chi connectivity index (χ1) is 7.57. The molecule has 0 unspecified atom stereocenters. The number of rotatable bonds is 3. The van der Waals surface area contributed by atoms with E-state index >= 15 is 0 Å². The van der Waals surface area contributed by atoms with Gasteiger partial charge in [-0.2, -0.15) is 0 Å². The second-order valence-electron chi connectivity index (χ2n) is 5.06. The molecule has 0 spiro atoms. The molecule has 1 aromatic rings. The van der Waals surface area contributed by atoms with Crippen molar-refractivity contribution < 1.29 is 13.5 Å². The highest BCUT2D eigenvalue weighted by Gasteiger charge is 2.69. The largest absolute Gasteiger partial charge is 0.497 e. The Bertz CT molecular complexity index is 393. The number of halogens is 2. The predicted molar refractivity (Wildman–Crippen MR) is 56.7 cm³/mol. The topological polar surface area (TPSA) is 9.23 Å². The van der Waals surface area contributed by atoms with Gasteiger partial charge in [-0.15, -0.1) is 0 Å². The lowest BCUT2D eigenvalue weighted by molar-refractivity contribution is -0.271. The van der Waals surface area contributed by atoms with Gasteiger partial charge in [0.25, 0.3) is 5.92 Å². The van der Waals surface area contributed by atoms with Crippen molar-refractivity contribution in [3.8, 4) is 5.75 Å². The third kappa shape index (κ3) is 1.09. The molecular weight excluding hydrogens is 210 g/mol. The molecule has 3 saturated carbocycles. The van der Waals surface area contributed by atoms with Crippen LogP contribution < -0.4 is 4.74 Å². The average molecular weight is 224 g/mol. The summed E-state index contributed by atoms with van der Waals surface area (Å²) >= 11 is 0. The van der Waals surface area contributed by atoms with Gasteiger partial charge in [0, 0.05) is 11.0 Å². The van der Waals surface area contributed by atoms with Crippen LogP contribution in [0.3, 0.4) is 0 Å². The standard InChI is InChI=1S/C13H14F2O/c1-16-11-4-2-10(3-5-11)13(14,15)12-6-9(7-12)8-12/h2-5,9H,6-8H2,1H3. The molecule has 0 heterocycles. The Kier molecular flexibility index (Phi) is 1.86. The summed E-state index contributed by atoms with van der Waals surface area (Å²) in [5.74, 6) is -1.48. The van der Waals surface area contributed by atoms with Crippen molar-refractivity contribution >= 4 is 0 Å². The third-order valence-corrected chi connectivity index (χ3v) is 4.16. The summed E-state index contributed by atoms with van der Waals surface area (Å²) in [5.41, 5.74) is -0.585.